The van der Waals surface area contributed by atoms with Gasteiger partial charge in [-0.3, -0.25) is 19.6 Å². The van der Waals surface area contributed by atoms with Gasteiger partial charge in [-0.25, -0.2) is 0 Å². The summed E-state index contributed by atoms with van der Waals surface area (Å²) in [6.45, 7) is 0.866. The summed E-state index contributed by atoms with van der Waals surface area (Å²) in [5, 5.41) is 27.3. The van der Waals surface area contributed by atoms with Crippen LogP contribution in [0, 0.1) is 10.1 Å². The Balaban J connectivity index is 1.70. The monoisotopic (exact) mass is 352 g/mol. The van der Waals surface area contributed by atoms with Crippen LogP contribution in [0.2, 0.25) is 0 Å². The number of phenols is 1. The molecule has 3 aromatic rings. The zero-order valence-corrected chi connectivity index (χ0v) is 13.7. The van der Waals surface area contributed by atoms with E-state index in [9.17, 15) is 20.0 Å². The smallest absolute Gasteiger partial charge is 0.310 e. The third-order valence-electron chi connectivity index (χ3n) is 3.88. The number of benzene rings is 2. The van der Waals surface area contributed by atoms with Crippen molar-refractivity contribution in [2.45, 2.75) is 13.1 Å². The zero-order valence-electron chi connectivity index (χ0n) is 13.7. The Hall–Kier alpha value is -3.68. The molecule has 0 aliphatic heterocycles. The second-order valence-corrected chi connectivity index (χ2v) is 5.62. The van der Waals surface area contributed by atoms with Crippen molar-refractivity contribution in [3.8, 4) is 5.75 Å². The molecule has 2 aromatic carbocycles. The molecule has 1 heterocycles. The van der Waals surface area contributed by atoms with Crippen LogP contribution in [-0.4, -0.2) is 25.7 Å². The van der Waals surface area contributed by atoms with Crippen LogP contribution < -0.4 is 5.32 Å². The summed E-state index contributed by atoms with van der Waals surface area (Å²) in [6.07, 6.45) is 3.56. The van der Waals surface area contributed by atoms with E-state index >= 15 is 0 Å². The molecule has 8 heteroatoms. The summed E-state index contributed by atoms with van der Waals surface area (Å²) >= 11 is 0. The molecule has 26 heavy (non-hydrogen) atoms. The lowest BCUT2D eigenvalue weighted by atomic mass is 10.1. The van der Waals surface area contributed by atoms with Gasteiger partial charge in [0.25, 0.3) is 5.91 Å². The van der Waals surface area contributed by atoms with Gasteiger partial charge in [-0.05, 0) is 29.3 Å². The number of nitrogens with zero attached hydrogens (tertiary/aromatic N) is 3. The van der Waals surface area contributed by atoms with Crippen LogP contribution in [0.1, 0.15) is 21.5 Å². The Labute approximate surface area is 148 Å². The van der Waals surface area contributed by atoms with Gasteiger partial charge in [-0.2, -0.15) is 5.10 Å². The van der Waals surface area contributed by atoms with Crippen molar-refractivity contribution in [1.82, 2.24) is 15.1 Å². The van der Waals surface area contributed by atoms with E-state index in [2.05, 4.69) is 10.4 Å². The summed E-state index contributed by atoms with van der Waals surface area (Å²) in [5.41, 5.74) is 1.66. The van der Waals surface area contributed by atoms with Crippen molar-refractivity contribution in [2.24, 2.45) is 0 Å². The van der Waals surface area contributed by atoms with Gasteiger partial charge in [0.1, 0.15) is 0 Å². The number of carbonyl (C=O) groups excluding carboxylic acids is 1. The van der Waals surface area contributed by atoms with E-state index in [0.717, 1.165) is 23.3 Å². The fourth-order valence-corrected chi connectivity index (χ4v) is 2.55. The molecule has 8 nitrogen and oxygen atoms in total. The lowest BCUT2D eigenvalue weighted by Gasteiger charge is -2.11. The number of carbonyl (C=O) groups is 1. The molecule has 0 aliphatic rings. The number of nitrogens with one attached hydrogen (secondary N) is 1. The molecule has 0 radical (unpaired) electrons. The number of rotatable bonds is 6. The first-order chi connectivity index (χ1) is 12.5. The maximum Gasteiger partial charge on any atom is 0.310 e. The van der Waals surface area contributed by atoms with Crippen molar-refractivity contribution in [3.63, 3.8) is 0 Å². The molecule has 0 aliphatic carbocycles. The molecule has 2 N–H and O–H groups in total. The van der Waals surface area contributed by atoms with E-state index < -0.39 is 22.3 Å². The number of nitro groups is 1. The van der Waals surface area contributed by atoms with Gasteiger partial charge in [0.05, 0.1) is 11.5 Å². The Morgan fingerprint density at radius 1 is 1.19 bits per heavy atom. The number of hydrogen-bond acceptors (Lipinski definition) is 5. The lowest BCUT2D eigenvalue weighted by Crippen LogP contribution is -2.23. The highest BCUT2D eigenvalue weighted by Gasteiger charge is 2.16. The quantitative estimate of drug-likeness (QED) is 0.523. The van der Waals surface area contributed by atoms with Crippen LogP contribution in [0.5, 0.6) is 5.75 Å². The van der Waals surface area contributed by atoms with Gasteiger partial charge in [0.15, 0.2) is 5.75 Å². The Morgan fingerprint density at radius 2 is 1.96 bits per heavy atom. The number of hydrogen-bond donors (Lipinski definition) is 2. The summed E-state index contributed by atoms with van der Waals surface area (Å²) < 4.78 is 1.79. The molecular weight excluding hydrogens is 336 g/mol. The molecular formula is C18H16N4O4. The molecule has 1 aromatic heterocycles. The van der Waals surface area contributed by atoms with E-state index in [1.54, 1.807) is 10.9 Å². The average Bonchev–Trinajstić information content (AvgIpc) is 3.13. The molecule has 0 saturated heterocycles. The third kappa shape index (κ3) is 3.86. The highest BCUT2D eigenvalue weighted by molar-refractivity contribution is 5.95. The number of nitro benzene ring substituents is 1. The highest BCUT2D eigenvalue weighted by atomic mass is 16.6. The zero-order chi connectivity index (χ0) is 18.5. The molecule has 3 rings (SSSR count). The van der Waals surface area contributed by atoms with Crippen LogP contribution in [0.15, 0.2) is 60.9 Å². The number of aromatic nitrogens is 2. The Morgan fingerprint density at radius 3 is 2.62 bits per heavy atom. The fraction of sp³-hybridized carbons (Fsp3) is 0.111. The predicted octanol–water partition coefficient (Wildman–Crippen LogP) is 2.48. The summed E-state index contributed by atoms with van der Waals surface area (Å²) in [5.74, 6) is -0.967. The number of aromatic hydroxyl groups is 1. The second kappa shape index (κ2) is 7.47. The predicted molar refractivity (Wildman–Crippen MR) is 93.7 cm³/mol. The first kappa shape index (κ1) is 17.2. The van der Waals surface area contributed by atoms with Crippen molar-refractivity contribution in [1.29, 1.82) is 0 Å². The van der Waals surface area contributed by atoms with Crippen LogP contribution in [0.25, 0.3) is 0 Å². The lowest BCUT2D eigenvalue weighted by molar-refractivity contribution is -0.385. The van der Waals surface area contributed by atoms with Crippen LogP contribution in [0.3, 0.4) is 0 Å². The number of amides is 1. The third-order valence-corrected chi connectivity index (χ3v) is 3.88. The number of phenolic OH excluding ortho intramolecular Hbond substituents is 1. The van der Waals surface area contributed by atoms with Crippen LogP contribution in [-0.2, 0) is 13.1 Å². The maximum atomic E-state index is 12.3. The minimum absolute atomic E-state index is 0.151. The summed E-state index contributed by atoms with van der Waals surface area (Å²) in [6, 6.07) is 13.0. The average molecular weight is 352 g/mol. The largest absolute Gasteiger partial charge is 0.502 e. The van der Waals surface area contributed by atoms with Crippen LogP contribution in [0.4, 0.5) is 5.69 Å². The van der Waals surface area contributed by atoms with Gasteiger partial charge in [-0.1, -0.05) is 24.3 Å². The van der Waals surface area contributed by atoms with Gasteiger partial charge < -0.3 is 10.4 Å². The van der Waals surface area contributed by atoms with E-state index in [1.807, 2.05) is 36.5 Å². The molecule has 0 fully saturated rings. The van der Waals surface area contributed by atoms with Gasteiger partial charge in [0, 0.05) is 30.6 Å². The minimum atomic E-state index is -0.706. The van der Waals surface area contributed by atoms with Crippen molar-refractivity contribution in [3.05, 3.63) is 87.7 Å². The second-order valence-electron chi connectivity index (χ2n) is 5.62. The van der Waals surface area contributed by atoms with E-state index in [-0.39, 0.29) is 12.1 Å². The van der Waals surface area contributed by atoms with E-state index in [0.29, 0.717) is 6.54 Å². The fourth-order valence-electron chi connectivity index (χ4n) is 2.55. The first-order valence-electron chi connectivity index (χ1n) is 7.84. The molecule has 1 amide bonds. The highest BCUT2D eigenvalue weighted by Crippen LogP contribution is 2.26. The topological polar surface area (TPSA) is 110 Å². The van der Waals surface area contributed by atoms with Gasteiger partial charge in [0.2, 0.25) is 0 Å². The Bertz CT molecular complexity index is 938. The van der Waals surface area contributed by atoms with E-state index in [4.69, 9.17) is 0 Å². The minimum Gasteiger partial charge on any atom is -0.502 e. The molecule has 0 bridgehead atoms. The SMILES string of the molecule is O=C(NCc1ccccc1Cn1cccn1)c1ccc([N+](=O)[O-])c(O)c1. The molecule has 132 valence electrons. The van der Waals surface area contributed by atoms with Crippen molar-refractivity contribution < 1.29 is 14.8 Å². The maximum absolute atomic E-state index is 12.3. The summed E-state index contributed by atoms with van der Waals surface area (Å²) in [7, 11) is 0. The van der Waals surface area contributed by atoms with Crippen LogP contribution >= 0.6 is 0 Å². The molecule has 0 spiro atoms. The molecule has 0 saturated carbocycles. The van der Waals surface area contributed by atoms with Crippen molar-refractivity contribution >= 4 is 11.6 Å². The van der Waals surface area contributed by atoms with Gasteiger partial charge >= 0.3 is 5.69 Å². The van der Waals surface area contributed by atoms with Gasteiger partial charge in [-0.15, -0.1) is 0 Å². The summed E-state index contributed by atoms with van der Waals surface area (Å²) in [4.78, 5) is 22.3. The molecule has 0 atom stereocenters. The first-order valence-corrected chi connectivity index (χ1v) is 7.84. The van der Waals surface area contributed by atoms with Crippen molar-refractivity contribution in [2.75, 3.05) is 0 Å². The normalized spacial score (nSPS) is 10.5. The Kier molecular flexibility index (Phi) is 4.93. The molecule has 0 unspecified atom stereocenters. The van der Waals surface area contributed by atoms with E-state index in [1.165, 1.54) is 6.07 Å². The standard InChI is InChI=1S/C18H16N4O4/c23-17-10-13(6-7-16(17)22(25)26)18(24)19-11-14-4-1-2-5-15(14)12-21-9-3-8-20-21/h1-10,23H,11-12H2,(H,19,24).